The topological polar surface area (TPSA) is 83.6 Å². The number of fused-ring (bicyclic) bond motifs is 1. The SMILES string of the molecule is COc1ccc(NCCN2CCc3cc(S(=O)(=O)Nc4nccs4)ccc32)cc1. The van der Waals surface area contributed by atoms with Crippen LogP contribution in [0.3, 0.4) is 0 Å². The van der Waals surface area contributed by atoms with Gasteiger partial charge in [0.15, 0.2) is 5.13 Å². The molecule has 0 saturated carbocycles. The van der Waals surface area contributed by atoms with Crippen LogP contribution >= 0.6 is 11.3 Å². The van der Waals surface area contributed by atoms with E-state index in [-0.39, 0.29) is 4.90 Å². The molecule has 152 valence electrons. The number of aromatic nitrogens is 1. The van der Waals surface area contributed by atoms with Crippen LogP contribution in [-0.4, -0.2) is 40.1 Å². The number of rotatable bonds is 8. The molecule has 0 aliphatic carbocycles. The van der Waals surface area contributed by atoms with Gasteiger partial charge in [0.2, 0.25) is 0 Å². The lowest BCUT2D eigenvalue weighted by molar-refractivity contribution is 0.415. The highest BCUT2D eigenvalue weighted by atomic mass is 32.2. The third-order valence-electron chi connectivity index (χ3n) is 4.81. The standard InChI is InChI=1S/C20H22N4O3S2/c1-27-17-4-2-16(3-5-17)21-9-12-24-11-8-15-14-18(6-7-19(15)24)29(25,26)23-20-22-10-13-28-20/h2-7,10,13-14,21H,8-9,11-12H2,1H3,(H,22,23). The molecule has 1 aromatic heterocycles. The van der Waals surface area contributed by atoms with Crippen LogP contribution in [0.25, 0.3) is 0 Å². The van der Waals surface area contributed by atoms with E-state index in [0.717, 1.165) is 48.7 Å². The van der Waals surface area contributed by atoms with Crippen molar-refractivity contribution in [2.24, 2.45) is 0 Å². The third-order valence-corrected chi connectivity index (χ3v) is 6.96. The summed E-state index contributed by atoms with van der Waals surface area (Å²) in [7, 11) is -1.97. The molecule has 2 heterocycles. The van der Waals surface area contributed by atoms with Crippen molar-refractivity contribution in [2.75, 3.05) is 41.7 Å². The van der Waals surface area contributed by atoms with Crippen LogP contribution in [0.1, 0.15) is 5.56 Å². The van der Waals surface area contributed by atoms with Crippen molar-refractivity contribution < 1.29 is 13.2 Å². The average Bonchev–Trinajstić information content (AvgIpc) is 3.38. The van der Waals surface area contributed by atoms with Crippen LogP contribution in [-0.2, 0) is 16.4 Å². The molecule has 0 bridgehead atoms. The number of benzene rings is 2. The number of sulfonamides is 1. The Labute approximate surface area is 174 Å². The lowest BCUT2D eigenvalue weighted by atomic mass is 10.2. The number of thiazole rings is 1. The first-order valence-corrected chi connectivity index (χ1v) is 11.6. The smallest absolute Gasteiger partial charge is 0.263 e. The number of nitrogens with zero attached hydrogens (tertiary/aromatic N) is 2. The van der Waals surface area contributed by atoms with Crippen molar-refractivity contribution >= 4 is 37.9 Å². The first-order valence-electron chi connectivity index (χ1n) is 9.23. The highest BCUT2D eigenvalue weighted by molar-refractivity contribution is 7.93. The summed E-state index contributed by atoms with van der Waals surface area (Å²) in [5.41, 5.74) is 3.19. The van der Waals surface area contributed by atoms with Gasteiger partial charge in [-0.3, -0.25) is 4.72 Å². The van der Waals surface area contributed by atoms with Crippen LogP contribution in [0.5, 0.6) is 5.75 Å². The van der Waals surface area contributed by atoms with E-state index in [2.05, 4.69) is 19.9 Å². The maximum Gasteiger partial charge on any atom is 0.263 e. The van der Waals surface area contributed by atoms with Gasteiger partial charge in [0.1, 0.15) is 5.75 Å². The van der Waals surface area contributed by atoms with Crippen molar-refractivity contribution in [3.8, 4) is 5.75 Å². The van der Waals surface area contributed by atoms with Gasteiger partial charge in [0, 0.05) is 42.6 Å². The normalized spacial score (nSPS) is 13.2. The highest BCUT2D eigenvalue weighted by Gasteiger charge is 2.23. The zero-order valence-electron chi connectivity index (χ0n) is 16.0. The van der Waals surface area contributed by atoms with E-state index >= 15 is 0 Å². The number of methoxy groups -OCH3 is 1. The number of anilines is 3. The number of nitrogens with one attached hydrogen (secondary N) is 2. The molecular weight excluding hydrogens is 408 g/mol. The zero-order valence-corrected chi connectivity index (χ0v) is 17.6. The first-order chi connectivity index (χ1) is 14.0. The molecule has 0 atom stereocenters. The molecule has 29 heavy (non-hydrogen) atoms. The lowest BCUT2D eigenvalue weighted by Gasteiger charge is -2.20. The predicted molar refractivity (Wildman–Crippen MR) is 117 cm³/mol. The zero-order chi connectivity index (χ0) is 20.3. The third kappa shape index (κ3) is 4.46. The minimum Gasteiger partial charge on any atom is -0.497 e. The Balaban J connectivity index is 1.39. The summed E-state index contributed by atoms with van der Waals surface area (Å²) < 4.78 is 32.9. The van der Waals surface area contributed by atoms with Crippen molar-refractivity contribution in [1.29, 1.82) is 0 Å². The van der Waals surface area contributed by atoms with Crippen LogP contribution in [0.2, 0.25) is 0 Å². The highest BCUT2D eigenvalue weighted by Crippen LogP contribution is 2.30. The number of ether oxygens (including phenoxy) is 1. The fourth-order valence-electron chi connectivity index (χ4n) is 3.34. The van der Waals surface area contributed by atoms with Gasteiger partial charge >= 0.3 is 0 Å². The quantitative estimate of drug-likeness (QED) is 0.570. The van der Waals surface area contributed by atoms with Gasteiger partial charge in [-0.25, -0.2) is 13.4 Å². The lowest BCUT2D eigenvalue weighted by Crippen LogP contribution is -2.27. The average molecular weight is 431 g/mol. The molecule has 0 spiro atoms. The van der Waals surface area contributed by atoms with E-state index in [1.165, 1.54) is 11.3 Å². The minimum absolute atomic E-state index is 0.268. The molecule has 1 aliphatic heterocycles. The number of hydrogen-bond donors (Lipinski definition) is 2. The van der Waals surface area contributed by atoms with Gasteiger partial charge in [-0.05, 0) is 54.4 Å². The summed E-state index contributed by atoms with van der Waals surface area (Å²) in [6, 6.07) is 13.1. The monoisotopic (exact) mass is 430 g/mol. The summed E-state index contributed by atoms with van der Waals surface area (Å²) in [4.78, 5) is 6.53. The summed E-state index contributed by atoms with van der Waals surface area (Å²) in [6.45, 7) is 2.50. The summed E-state index contributed by atoms with van der Waals surface area (Å²) in [6.07, 6.45) is 2.40. The number of hydrogen-bond acceptors (Lipinski definition) is 7. The fourth-order valence-corrected chi connectivity index (χ4v) is 5.18. The van der Waals surface area contributed by atoms with E-state index in [9.17, 15) is 8.42 Å². The van der Waals surface area contributed by atoms with Gasteiger partial charge in [0.25, 0.3) is 10.0 Å². The summed E-state index contributed by atoms with van der Waals surface area (Å²) >= 11 is 1.26. The Morgan fingerprint density at radius 1 is 1.21 bits per heavy atom. The first kappa shape index (κ1) is 19.5. The summed E-state index contributed by atoms with van der Waals surface area (Å²) in [5, 5.41) is 5.51. The van der Waals surface area contributed by atoms with Crippen molar-refractivity contribution in [2.45, 2.75) is 11.3 Å². The second-order valence-electron chi connectivity index (χ2n) is 6.63. The largest absolute Gasteiger partial charge is 0.497 e. The summed E-state index contributed by atoms with van der Waals surface area (Å²) in [5.74, 6) is 0.833. The van der Waals surface area contributed by atoms with E-state index < -0.39 is 10.0 Å². The molecule has 0 unspecified atom stereocenters. The molecule has 0 fully saturated rings. The molecule has 0 radical (unpaired) electrons. The molecule has 0 amide bonds. The van der Waals surface area contributed by atoms with Crippen LogP contribution < -0.4 is 19.7 Å². The second kappa shape index (κ2) is 8.30. The molecule has 0 saturated heterocycles. The van der Waals surface area contributed by atoms with Crippen molar-refractivity contribution in [1.82, 2.24) is 4.98 Å². The Hall–Kier alpha value is -2.78. The Morgan fingerprint density at radius 3 is 2.76 bits per heavy atom. The maximum absolute atomic E-state index is 12.6. The van der Waals surface area contributed by atoms with E-state index in [0.29, 0.717) is 5.13 Å². The van der Waals surface area contributed by atoms with E-state index in [1.807, 2.05) is 30.3 Å². The minimum atomic E-state index is -3.62. The van der Waals surface area contributed by atoms with Gasteiger partial charge in [-0.15, -0.1) is 11.3 Å². The van der Waals surface area contributed by atoms with E-state index in [4.69, 9.17) is 4.74 Å². The molecule has 2 N–H and O–H groups in total. The van der Waals surface area contributed by atoms with Gasteiger partial charge < -0.3 is 15.0 Å². The van der Waals surface area contributed by atoms with Crippen LogP contribution in [0.4, 0.5) is 16.5 Å². The Morgan fingerprint density at radius 2 is 2.03 bits per heavy atom. The predicted octanol–water partition coefficient (Wildman–Crippen LogP) is 3.43. The molecule has 1 aliphatic rings. The molecular formula is C20H22N4O3S2. The molecule has 9 heteroatoms. The van der Waals surface area contributed by atoms with Crippen LogP contribution in [0, 0.1) is 0 Å². The molecule has 7 nitrogen and oxygen atoms in total. The fraction of sp³-hybridized carbons (Fsp3) is 0.250. The van der Waals surface area contributed by atoms with Gasteiger partial charge in [-0.2, -0.15) is 0 Å². The Bertz CT molecular complexity index is 1070. The van der Waals surface area contributed by atoms with E-state index in [1.54, 1.807) is 30.8 Å². The maximum atomic E-state index is 12.6. The molecule has 3 aromatic rings. The second-order valence-corrected chi connectivity index (χ2v) is 9.20. The van der Waals surface area contributed by atoms with Crippen molar-refractivity contribution in [3.05, 3.63) is 59.6 Å². The Kier molecular flexibility index (Phi) is 5.59. The van der Waals surface area contributed by atoms with Crippen LogP contribution in [0.15, 0.2) is 58.9 Å². The van der Waals surface area contributed by atoms with Crippen molar-refractivity contribution in [3.63, 3.8) is 0 Å². The van der Waals surface area contributed by atoms with Gasteiger partial charge in [-0.1, -0.05) is 0 Å². The molecule has 2 aromatic carbocycles. The van der Waals surface area contributed by atoms with Gasteiger partial charge in [0.05, 0.1) is 12.0 Å². The molecule has 4 rings (SSSR count).